The molecule has 0 amide bonds. The molecule has 1 saturated heterocycles. The Morgan fingerprint density at radius 3 is 2.53 bits per heavy atom. The molecule has 0 spiro atoms. The molecule has 4 nitrogen and oxygen atoms in total. The lowest BCUT2D eigenvalue weighted by Gasteiger charge is -2.36. The molecule has 98 valence electrons. The highest BCUT2D eigenvalue weighted by Crippen LogP contribution is 2.16. The van der Waals surface area contributed by atoms with E-state index in [0.29, 0.717) is 12.1 Å². The van der Waals surface area contributed by atoms with Gasteiger partial charge in [0, 0.05) is 31.8 Å². The third-order valence-corrected chi connectivity index (χ3v) is 3.23. The van der Waals surface area contributed by atoms with Gasteiger partial charge < -0.3 is 9.64 Å². The summed E-state index contributed by atoms with van der Waals surface area (Å²) in [5.41, 5.74) is -0.471. The highest BCUT2D eigenvalue weighted by Gasteiger charge is 2.29. The Bertz CT molecular complexity index is 268. The van der Waals surface area contributed by atoms with Crippen molar-refractivity contribution in [2.75, 3.05) is 26.8 Å². The molecule has 0 saturated carbocycles. The smallest absolute Gasteiger partial charge is 0.116 e. The molecule has 1 heterocycles. The van der Waals surface area contributed by atoms with Gasteiger partial charge in [-0.2, -0.15) is 5.26 Å². The van der Waals surface area contributed by atoms with Gasteiger partial charge in [0.25, 0.3) is 0 Å². The first-order chi connectivity index (χ1) is 7.97. The monoisotopic (exact) mass is 239 g/mol. The second kappa shape index (κ2) is 6.34. The van der Waals surface area contributed by atoms with E-state index in [2.05, 4.69) is 37.2 Å². The summed E-state index contributed by atoms with van der Waals surface area (Å²) in [6.45, 7) is 8.56. The Hall–Kier alpha value is -0.630. The zero-order valence-corrected chi connectivity index (χ0v) is 11.5. The number of nitriles is 1. The lowest BCUT2D eigenvalue weighted by molar-refractivity contribution is 0.0373. The van der Waals surface area contributed by atoms with Gasteiger partial charge in [0.2, 0.25) is 0 Å². The zero-order valence-electron chi connectivity index (χ0n) is 11.5. The largest absolute Gasteiger partial charge is 0.381 e. The maximum Gasteiger partial charge on any atom is 0.116 e. The van der Waals surface area contributed by atoms with Gasteiger partial charge in [0.05, 0.1) is 6.07 Å². The van der Waals surface area contributed by atoms with Crippen LogP contribution < -0.4 is 5.32 Å². The van der Waals surface area contributed by atoms with Crippen LogP contribution in [0, 0.1) is 11.3 Å². The maximum absolute atomic E-state index is 9.32. The quantitative estimate of drug-likeness (QED) is 0.787. The normalized spacial score (nSPS) is 21.5. The van der Waals surface area contributed by atoms with Crippen molar-refractivity contribution in [3.63, 3.8) is 0 Å². The molecule has 17 heavy (non-hydrogen) atoms. The summed E-state index contributed by atoms with van der Waals surface area (Å²) < 4.78 is 5.36. The van der Waals surface area contributed by atoms with Crippen molar-refractivity contribution in [1.29, 1.82) is 5.26 Å². The highest BCUT2D eigenvalue weighted by molar-refractivity contribution is 5.06. The Morgan fingerprint density at radius 1 is 1.47 bits per heavy atom. The molecule has 0 aromatic heterocycles. The van der Waals surface area contributed by atoms with Crippen LogP contribution in [0.3, 0.4) is 0 Å². The van der Waals surface area contributed by atoms with Gasteiger partial charge in [0.1, 0.15) is 5.54 Å². The van der Waals surface area contributed by atoms with Crippen molar-refractivity contribution in [2.45, 2.75) is 51.2 Å². The minimum atomic E-state index is -0.471. The molecule has 4 heteroatoms. The summed E-state index contributed by atoms with van der Waals surface area (Å²) in [6, 6.07) is 3.26. The van der Waals surface area contributed by atoms with Gasteiger partial charge >= 0.3 is 0 Å². The van der Waals surface area contributed by atoms with Crippen LogP contribution in [0.4, 0.5) is 0 Å². The van der Waals surface area contributed by atoms with Gasteiger partial charge in [-0.25, -0.2) is 0 Å². The van der Waals surface area contributed by atoms with Gasteiger partial charge in [-0.3, -0.25) is 5.32 Å². The minimum absolute atomic E-state index is 0.322. The molecule has 1 atom stereocenters. The van der Waals surface area contributed by atoms with Gasteiger partial charge in [0.15, 0.2) is 0 Å². The summed E-state index contributed by atoms with van der Waals surface area (Å²) in [6.07, 6.45) is 2.14. The van der Waals surface area contributed by atoms with E-state index in [0.717, 1.165) is 32.6 Å². The third kappa shape index (κ3) is 4.63. The summed E-state index contributed by atoms with van der Waals surface area (Å²) in [5.74, 6) is 0. The first-order valence-corrected chi connectivity index (χ1v) is 6.44. The highest BCUT2D eigenvalue weighted by atomic mass is 16.5. The summed E-state index contributed by atoms with van der Waals surface area (Å²) in [4.78, 5) is 2.29. The SMILES string of the molecule is CC(C)NC(C)(C#N)CN(C)C1CCOCC1. The molecule has 1 aliphatic rings. The standard InChI is InChI=1S/C13H25N3O/c1-11(2)15-13(3,9-14)10-16(4)12-5-7-17-8-6-12/h11-12,15H,5-8,10H2,1-4H3. The lowest BCUT2D eigenvalue weighted by Crippen LogP contribution is -2.54. The number of nitrogens with one attached hydrogen (secondary N) is 1. The molecule has 0 aliphatic carbocycles. The van der Waals surface area contributed by atoms with Gasteiger partial charge in [-0.1, -0.05) is 0 Å². The van der Waals surface area contributed by atoms with Crippen LogP contribution >= 0.6 is 0 Å². The fourth-order valence-corrected chi connectivity index (χ4v) is 2.50. The third-order valence-electron chi connectivity index (χ3n) is 3.23. The predicted octanol–water partition coefficient (Wildman–Crippen LogP) is 1.38. The second-order valence-corrected chi connectivity index (χ2v) is 5.50. The number of nitrogens with zero attached hydrogens (tertiary/aromatic N) is 2. The molecular formula is C13H25N3O. The Morgan fingerprint density at radius 2 is 2.06 bits per heavy atom. The summed E-state index contributed by atoms with van der Waals surface area (Å²) in [7, 11) is 2.10. The van der Waals surface area contributed by atoms with Gasteiger partial charge in [-0.05, 0) is 40.7 Å². The van der Waals surface area contributed by atoms with Crippen LogP contribution in [-0.4, -0.2) is 49.3 Å². The van der Waals surface area contributed by atoms with Gasteiger partial charge in [-0.15, -0.1) is 0 Å². The van der Waals surface area contributed by atoms with Crippen LogP contribution in [-0.2, 0) is 4.74 Å². The minimum Gasteiger partial charge on any atom is -0.381 e. The fourth-order valence-electron chi connectivity index (χ4n) is 2.50. The fraction of sp³-hybridized carbons (Fsp3) is 0.923. The van der Waals surface area contributed by atoms with Crippen molar-refractivity contribution in [2.24, 2.45) is 0 Å². The number of hydrogen-bond acceptors (Lipinski definition) is 4. The lowest BCUT2D eigenvalue weighted by atomic mass is 10.00. The number of ether oxygens (including phenoxy) is 1. The Balaban J connectivity index is 2.52. The molecular weight excluding hydrogens is 214 g/mol. The molecule has 0 aromatic rings. The van der Waals surface area contributed by atoms with Crippen LogP contribution in [0.25, 0.3) is 0 Å². The van der Waals surface area contributed by atoms with E-state index in [1.54, 1.807) is 0 Å². The number of likely N-dealkylation sites (N-methyl/N-ethyl adjacent to an activating group) is 1. The summed E-state index contributed by atoms with van der Waals surface area (Å²) >= 11 is 0. The summed E-state index contributed by atoms with van der Waals surface area (Å²) in [5, 5.41) is 12.7. The molecule has 1 aliphatic heterocycles. The Labute approximate surface area is 105 Å². The van der Waals surface area contributed by atoms with Crippen molar-refractivity contribution in [3.05, 3.63) is 0 Å². The van der Waals surface area contributed by atoms with E-state index in [4.69, 9.17) is 4.74 Å². The molecule has 1 fully saturated rings. The van der Waals surface area contributed by atoms with Crippen LogP contribution in [0.15, 0.2) is 0 Å². The van der Waals surface area contributed by atoms with Crippen LogP contribution in [0.2, 0.25) is 0 Å². The molecule has 0 aromatic carbocycles. The maximum atomic E-state index is 9.32. The van der Waals surface area contributed by atoms with E-state index in [1.807, 2.05) is 6.92 Å². The molecule has 0 bridgehead atoms. The topological polar surface area (TPSA) is 48.3 Å². The number of hydrogen-bond donors (Lipinski definition) is 1. The van der Waals surface area contributed by atoms with E-state index in [9.17, 15) is 5.26 Å². The van der Waals surface area contributed by atoms with E-state index in [-0.39, 0.29) is 0 Å². The first kappa shape index (κ1) is 14.4. The van der Waals surface area contributed by atoms with E-state index in [1.165, 1.54) is 0 Å². The molecule has 1 unspecified atom stereocenters. The molecule has 1 N–H and O–H groups in total. The van der Waals surface area contributed by atoms with Crippen molar-refractivity contribution in [3.8, 4) is 6.07 Å². The van der Waals surface area contributed by atoms with Crippen molar-refractivity contribution >= 4 is 0 Å². The van der Waals surface area contributed by atoms with Crippen LogP contribution in [0.5, 0.6) is 0 Å². The zero-order chi connectivity index (χ0) is 12.9. The average Bonchev–Trinajstić information content (AvgIpc) is 2.29. The van der Waals surface area contributed by atoms with Crippen LogP contribution in [0.1, 0.15) is 33.6 Å². The van der Waals surface area contributed by atoms with E-state index >= 15 is 0 Å². The molecule has 1 rings (SSSR count). The van der Waals surface area contributed by atoms with Crippen molar-refractivity contribution < 1.29 is 4.74 Å². The first-order valence-electron chi connectivity index (χ1n) is 6.44. The van der Waals surface area contributed by atoms with E-state index < -0.39 is 5.54 Å². The second-order valence-electron chi connectivity index (χ2n) is 5.50. The Kier molecular flexibility index (Phi) is 5.38. The average molecular weight is 239 g/mol. The van der Waals surface area contributed by atoms with Crippen molar-refractivity contribution in [1.82, 2.24) is 10.2 Å². The molecule has 0 radical (unpaired) electrons. The number of rotatable bonds is 5. The predicted molar refractivity (Wildman–Crippen MR) is 68.8 cm³/mol.